The molecule has 1 aliphatic heterocycles. The van der Waals surface area contributed by atoms with Gasteiger partial charge >= 0.3 is 0 Å². The zero-order valence-electron chi connectivity index (χ0n) is 13.3. The molecule has 2 aromatic rings. The highest BCUT2D eigenvalue weighted by Gasteiger charge is 2.34. The fourth-order valence-electron chi connectivity index (χ4n) is 4.05. The minimum atomic E-state index is 0.373. The molecule has 4 rings (SSSR count). The highest BCUT2D eigenvalue weighted by atomic mass is 16.5. The van der Waals surface area contributed by atoms with Gasteiger partial charge in [-0.15, -0.1) is 0 Å². The standard InChI is InChI=1S/C19H21NO2/c1-11-17(21)5-4-12-9-16-19-13(6-7-20(16)2)8-14(22-3)10-15(19)18(11)12/h4-5,8,10,16,21H,6-7,9H2,1-3H3. The molecule has 3 nitrogen and oxygen atoms in total. The van der Waals surface area contributed by atoms with Crippen LogP contribution in [0, 0.1) is 6.92 Å². The molecule has 1 atom stereocenters. The van der Waals surface area contributed by atoms with E-state index in [0.717, 1.165) is 30.7 Å². The van der Waals surface area contributed by atoms with Crippen molar-refractivity contribution in [1.82, 2.24) is 4.90 Å². The van der Waals surface area contributed by atoms with Crippen molar-refractivity contribution < 1.29 is 9.84 Å². The zero-order chi connectivity index (χ0) is 15.4. The summed E-state index contributed by atoms with van der Waals surface area (Å²) < 4.78 is 5.52. The Morgan fingerprint density at radius 1 is 1.23 bits per heavy atom. The quantitative estimate of drug-likeness (QED) is 0.874. The molecule has 2 aliphatic rings. The Morgan fingerprint density at radius 3 is 2.82 bits per heavy atom. The maximum Gasteiger partial charge on any atom is 0.119 e. The van der Waals surface area contributed by atoms with Gasteiger partial charge in [0.1, 0.15) is 11.5 Å². The number of ether oxygens (including phenoxy) is 1. The number of phenols is 1. The van der Waals surface area contributed by atoms with Crippen LogP contribution in [0.15, 0.2) is 24.3 Å². The smallest absolute Gasteiger partial charge is 0.119 e. The van der Waals surface area contributed by atoms with Gasteiger partial charge in [-0.3, -0.25) is 4.90 Å². The third-order valence-electron chi connectivity index (χ3n) is 5.28. The van der Waals surface area contributed by atoms with Crippen LogP contribution in [0.4, 0.5) is 0 Å². The second-order valence-electron chi connectivity index (χ2n) is 6.44. The van der Waals surface area contributed by atoms with Gasteiger partial charge in [-0.25, -0.2) is 0 Å². The van der Waals surface area contributed by atoms with Crippen molar-refractivity contribution in [3.05, 3.63) is 46.5 Å². The maximum absolute atomic E-state index is 10.1. The highest BCUT2D eigenvalue weighted by molar-refractivity contribution is 5.81. The summed E-state index contributed by atoms with van der Waals surface area (Å²) in [6.07, 6.45) is 2.07. The number of hydrogen-bond acceptors (Lipinski definition) is 3. The van der Waals surface area contributed by atoms with Crippen LogP contribution in [0.3, 0.4) is 0 Å². The Bertz CT molecular complexity index is 767. The van der Waals surface area contributed by atoms with Crippen molar-refractivity contribution in [3.8, 4) is 22.6 Å². The van der Waals surface area contributed by atoms with Crippen LogP contribution >= 0.6 is 0 Å². The number of benzene rings is 2. The minimum absolute atomic E-state index is 0.373. The van der Waals surface area contributed by atoms with Crippen molar-refractivity contribution >= 4 is 0 Å². The summed E-state index contributed by atoms with van der Waals surface area (Å²) in [6.45, 7) is 3.09. The number of aromatic hydroxyl groups is 1. The summed E-state index contributed by atoms with van der Waals surface area (Å²) in [4.78, 5) is 2.45. The summed E-state index contributed by atoms with van der Waals surface area (Å²) in [6, 6.07) is 8.64. The third kappa shape index (κ3) is 1.78. The van der Waals surface area contributed by atoms with Crippen LogP contribution in [-0.2, 0) is 12.8 Å². The molecule has 0 radical (unpaired) electrons. The molecule has 0 saturated carbocycles. The lowest BCUT2D eigenvalue weighted by Crippen LogP contribution is -2.35. The number of likely N-dealkylation sites (N-methyl/N-ethyl adjacent to an activating group) is 1. The van der Waals surface area contributed by atoms with Crippen LogP contribution in [-0.4, -0.2) is 30.7 Å². The van der Waals surface area contributed by atoms with Gasteiger partial charge in [-0.1, -0.05) is 6.07 Å². The fraction of sp³-hybridized carbons (Fsp3) is 0.368. The van der Waals surface area contributed by atoms with Gasteiger partial charge in [0.2, 0.25) is 0 Å². The minimum Gasteiger partial charge on any atom is -0.508 e. The van der Waals surface area contributed by atoms with Crippen LogP contribution in [0.2, 0.25) is 0 Å². The van der Waals surface area contributed by atoms with Gasteiger partial charge < -0.3 is 9.84 Å². The van der Waals surface area contributed by atoms with Crippen LogP contribution in [0.5, 0.6) is 11.5 Å². The Hall–Kier alpha value is -2.00. The predicted octanol–water partition coefficient (Wildman–Crippen LogP) is 3.46. The summed E-state index contributed by atoms with van der Waals surface area (Å²) in [7, 11) is 3.93. The molecule has 1 aliphatic carbocycles. The summed E-state index contributed by atoms with van der Waals surface area (Å²) in [5, 5.41) is 10.1. The number of hydrogen-bond donors (Lipinski definition) is 1. The average Bonchev–Trinajstić information content (AvgIpc) is 2.53. The fourth-order valence-corrected chi connectivity index (χ4v) is 4.05. The number of fused-ring (bicyclic) bond motifs is 2. The SMILES string of the molecule is COc1cc2c3c(c1)-c1c(ccc(O)c1C)CC3N(C)CC2. The largest absolute Gasteiger partial charge is 0.508 e. The molecule has 0 bridgehead atoms. The van der Waals surface area contributed by atoms with Crippen LogP contribution in [0.25, 0.3) is 11.1 Å². The molecule has 1 N–H and O–H groups in total. The van der Waals surface area contributed by atoms with Gasteiger partial charge in [0.05, 0.1) is 7.11 Å². The van der Waals surface area contributed by atoms with Crippen molar-refractivity contribution in [3.63, 3.8) is 0 Å². The first-order chi connectivity index (χ1) is 10.6. The average molecular weight is 295 g/mol. The first-order valence-electron chi connectivity index (χ1n) is 7.83. The van der Waals surface area contributed by atoms with Gasteiger partial charge in [-0.2, -0.15) is 0 Å². The summed E-state index contributed by atoms with van der Waals surface area (Å²) in [5.41, 5.74) is 7.55. The molecule has 1 heterocycles. The second-order valence-corrected chi connectivity index (χ2v) is 6.44. The van der Waals surface area contributed by atoms with Gasteiger partial charge in [-0.05, 0) is 78.4 Å². The third-order valence-corrected chi connectivity index (χ3v) is 5.28. The normalized spacial score (nSPS) is 19.5. The lowest BCUT2D eigenvalue weighted by molar-refractivity contribution is 0.227. The van der Waals surface area contributed by atoms with Crippen molar-refractivity contribution in [2.75, 3.05) is 20.7 Å². The van der Waals surface area contributed by atoms with E-state index in [0.29, 0.717) is 11.8 Å². The Balaban J connectivity index is 2.06. The van der Waals surface area contributed by atoms with Gasteiger partial charge in [0, 0.05) is 12.6 Å². The van der Waals surface area contributed by atoms with Gasteiger partial charge in [0.15, 0.2) is 0 Å². The lowest BCUT2D eigenvalue weighted by Gasteiger charge is -2.40. The summed E-state index contributed by atoms with van der Waals surface area (Å²) >= 11 is 0. The molecule has 0 amide bonds. The topological polar surface area (TPSA) is 32.7 Å². The van der Waals surface area contributed by atoms with E-state index in [9.17, 15) is 5.11 Å². The first kappa shape index (κ1) is 13.6. The monoisotopic (exact) mass is 295 g/mol. The van der Waals surface area contributed by atoms with Crippen molar-refractivity contribution in [2.24, 2.45) is 0 Å². The predicted molar refractivity (Wildman–Crippen MR) is 87.6 cm³/mol. The number of nitrogens with zero attached hydrogens (tertiary/aromatic N) is 1. The molecule has 0 saturated heterocycles. The molecular formula is C19H21NO2. The molecule has 0 spiro atoms. The van der Waals surface area contributed by atoms with E-state index < -0.39 is 0 Å². The number of phenolic OH excluding ortho intramolecular Hbond substituents is 1. The Kier molecular flexibility index (Phi) is 2.95. The molecule has 1 unspecified atom stereocenters. The lowest BCUT2D eigenvalue weighted by atomic mass is 9.76. The molecule has 2 aromatic carbocycles. The molecular weight excluding hydrogens is 274 g/mol. The maximum atomic E-state index is 10.1. The first-order valence-corrected chi connectivity index (χ1v) is 7.83. The summed E-state index contributed by atoms with van der Waals surface area (Å²) in [5.74, 6) is 1.28. The highest BCUT2D eigenvalue weighted by Crippen LogP contribution is 2.48. The number of rotatable bonds is 1. The Morgan fingerprint density at radius 2 is 2.05 bits per heavy atom. The zero-order valence-corrected chi connectivity index (χ0v) is 13.3. The molecule has 0 aromatic heterocycles. The van der Waals surface area contributed by atoms with E-state index in [4.69, 9.17) is 4.74 Å². The van der Waals surface area contributed by atoms with E-state index in [1.54, 1.807) is 7.11 Å². The molecule has 0 fully saturated rings. The molecule has 114 valence electrons. The molecule has 3 heteroatoms. The van der Waals surface area contributed by atoms with Crippen molar-refractivity contribution in [2.45, 2.75) is 25.8 Å². The van der Waals surface area contributed by atoms with Gasteiger partial charge in [0.25, 0.3) is 0 Å². The van der Waals surface area contributed by atoms with E-state index >= 15 is 0 Å². The van der Waals surface area contributed by atoms with E-state index in [2.05, 4.69) is 30.1 Å². The van der Waals surface area contributed by atoms with Crippen LogP contribution < -0.4 is 4.74 Å². The van der Waals surface area contributed by atoms with E-state index in [-0.39, 0.29) is 0 Å². The van der Waals surface area contributed by atoms with E-state index in [1.165, 1.54) is 27.8 Å². The Labute approximate surface area is 131 Å². The number of methoxy groups -OCH3 is 1. The van der Waals surface area contributed by atoms with Crippen LogP contribution in [0.1, 0.15) is 28.3 Å². The van der Waals surface area contributed by atoms with E-state index in [1.807, 2.05) is 13.0 Å². The second kappa shape index (κ2) is 4.75. The van der Waals surface area contributed by atoms with Crippen molar-refractivity contribution in [1.29, 1.82) is 0 Å². The molecule has 22 heavy (non-hydrogen) atoms.